The summed E-state index contributed by atoms with van der Waals surface area (Å²) in [5.74, 6) is 1.25. The van der Waals surface area contributed by atoms with Gasteiger partial charge in [-0.1, -0.05) is 24.3 Å². The quantitative estimate of drug-likeness (QED) is 0.379. The molecule has 12 heteroatoms. The minimum atomic E-state index is -5.91. The molecule has 2 aliphatic rings. The summed E-state index contributed by atoms with van der Waals surface area (Å²) in [6, 6.07) is 10.5. The predicted molar refractivity (Wildman–Crippen MR) is 128 cm³/mol. The Morgan fingerprint density at radius 2 is 1.47 bits per heavy atom. The van der Waals surface area contributed by atoms with E-state index < -0.39 is 23.5 Å². The van der Waals surface area contributed by atoms with Crippen LogP contribution in [0.15, 0.2) is 48.5 Å². The van der Waals surface area contributed by atoms with Crippen molar-refractivity contribution < 1.29 is 41.0 Å². The number of nitrogens with one attached hydrogen (secondary N) is 2. The van der Waals surface area contributed by atoms with E-state index in [2.05, 4.69) is 10.6 Å². The largest absolute Gasteiger partial charge is 0.490 e. The zero-order valence-electron chi connectivity index (χ0n) is 20.4. The molecule has 0 atom stereocenters. The molecule has 208 valence electrons. The number of nitrogens with zero attached hydrogens (tertiary/aromatic N) is 1. The Hall–Kier alpha value is -2.99. The van der Waals surface area contributed by atoms with Crippen molar-refractivity contribution in [2.45, 2.75) is 56.3 Å². The molecule has 1 heterocycles. The van der Waals surface area contributed by atoms with Gasteiger partial charge in [0, 0.05) is 37.4 Å². The number of anilines is 1. The second kappa shape index (κ2) is 11.0. The minimum absolute atomic E-state index is 0.0529. The van der Waals surface area contributed by atoms with Crippen molar-refractivity contribution >= 4 is 11.7 Å². The zero-order valence-corrected chi connectivity index (χ0v) is 20.4. The number of hydrogen-bond donors (Lipinski definition) is 3. The molecule has 0 radical (unpaired) electrons. The van der Waals surface area contributed by atoms with Gasteiger partial charge >= 0.3 is 18.4 Å². The maximum absolute atomic E-state index is 13.1. The Labute approximate surface area is 216 Å². The lowest BCUT2D eigenvalue weighted by molar-refractivity contribution is -0.376. The molecule has 0 bridgehead atoms. The number of carbonyl (C=O) groups is 1. The van der Waals surface area contributed by atoms with Gasteiger partial charge in [-0.3, -0.25) is 4.90 Å². The average molecular weight is 546 g/mol. The maximum atomic E-state index is 13.1. The van der Waals surface area contributed by atoms with Gasteiger partial charge in [0.15, 0.2) is 0 Å². The number of hydrogen-bond acceptors (Lipinski definition) is 4. The molecular weight excluding hydrogens is 516 g/mol. The summed E-state index contributed by atoms with van der Waals surface area (Å²) in [6.45, 7) is 2.27. The predicted octanol–water partition coefficient (Wildman–Crippen LogP) is 5.57. The van der Waals surface area contributed by atoms with Gasteiger partial charge in [-0.15, -0.1) is 0 Å². The van der Waals surface area contributed by atoms with E-state index in [1.54, 1.807) is 24.3 Å². The number of likely N-dealkylation sites (tertiary alicyclic amines) is 1. The number of urea groups is 1. The van der Waals surface area contributed by atoms with E-state index in [1.807, 2.05) is 4.90 Å². The lowest BCUT2D eigenvalue weighted by atomic mass is 9.91. The first-order chi connectivity index (χ1) is 17.8. The van der Waals surface area contributed by atoms with Gasteiger partial charge in [0.2, 0.25) is 0 Å². The van der Waals surface area contributed by atoms with Crippen LogP contribution in [0.2, 0.25) is 0 Å². The van der Waals surface area contributed by atoms with Gasteiger partial charge < -0.3 is 20.5 Å². The third-order valence-electron chi connectivity index (χ3n) is 6.80. The Kier molecular flexibility index (Phi) is 8.12. The van der Waals surface area contributed by atoms with Crippen LogP contribution in [0.25, 0.3) is 0 Å². The fraction of sp³-hybridized carbons (Fsp3) is 0.500. The highest BCUT2D eigenvalue weighted by Gasteiger charge is 2.71. The molecule has 1 aliphatic heterocycles. The van der Waals surface area contributed by atoms with Crippen molar-refractivity contribution in [1.29, 1.82) is 0 Å². The van der Waals surface area contributed by atoms with E-state index in [0.717, 1.165) is 12.8 Å². The Morgan fingerprint density at radius 3 is 2.00 bits per heavy atom. The van der Waals surface area contributed by atoms with E-state index in [9.17, 15) is 36.2 Å². The van der Waals surface area contributed by atoms with Gasteiger partial charge in [0.1, 0.15) is 11.9 Å². The molecule has 4 rings (SSSR count). The van der Waals surface area contributed by atoms with Gasteiger partial charge in [-0.25, -0.2) is 4.79 Å². The molecule has 0 spiro atoms. The molecule has 2 aromatic carbocycles. The topological polar surface area (TPSA) is 73.8 Å². The van der Waals surface area contributed by atoms with Crippen LogP contribution >= 0.6 is 0 Å². The second-order valence-corrected chi connectivity index (χ2v) is 9.80. The Balaban J connectivity index is 1.24. The minimum Gasteiger partial charge on any atom is -0.490 e. The van der Waals surface area contributed by atoms with E-state index in [1.165, 1.54) is 12.1 Å². The summed E-state index contributed by atoms with van der Waals surface area (Å²) in [6.07, 6.45) is -8.19. The molecule has 1 saturated heterocycles. The van der Waals surface area contributed by atoms with E-state index in [0.29, 0.717) is 74.1 Å². The number of carbonyl (C=O) groups excluding carboxylic acids is 1. The first-order valence-corrected chi connectivity index (χ1v) is 12.3. The van der Waals surface area contributed by atoms with Crippen LogP contribution in [0.1, 0.15) is 36.8 Å². The number of amides is 2. The van der Waals surface area contributed by atoms with Crippen molar-refractivity contribution in [2.24, 2.45) is 5.92 Å². The smallest absolute Gasteiger partial charge is 0.430 e. The second-order valence-electron chi connectivity index (χ2n) is 9.80. The molecule has 2 amide bonds. The lowest BCUT2D eigenvalue weighted by Gasteiger charge is -2.33. The summed E-state index contributed by atoms with van der Waals surface area (Å²) < 4.78 is 84.4. The van der Waals surface area contributed by atoms with Gasteiger partial charge in [-0.05, 0) is 61.4 Å². The molecule has 1 aliphatic carbocycles. The molecule has 6 nitrogen and oxygen atoms in total. The first-order valence-electron chi connectivity index (χ1n) is 12.3. The molecule has 0 aromatic heterocycles. The van der Waals surface area contributed by atoms with E-state index >= 15 is 0 Å². The molecule has 38 heavy (non-hydrogen) atoms. The van der Waals surface area contributed by atoms with Crippen LogP contribution in [0.3, 0.4) is 0 Å². The SMILES string of the molecule is O=C(NCC1CC1)Nc1ccc(OC2CCN(Cc3ccc(C(O)(C(F)(F)F)C(F)(F)F)cc3)CC2)cc1. The monoisotopic (exact) mass is 545 g/mol. The zero-order chi connectivity index (χ0) is 27.6. The highest BCUT2D eigenvalue weighted by atomic mass is 19.4. The van der Waals surface area contributed by atoms with Gasteiger partial charge in [-0.2, -0.15) is 26.3 Å². The number of piperidine rings is 1. The van der Waals surface area contributed by atoms with Crippen molar-refractivity contribution in [3.05, 3.63) is 59.7 Å². The van der Waals surface area contributed by atoms with Crippen molar-refractivity contribution in [1.82, 2.24) is 10.2 Å². The summed E-state index contributed by atoms with van der Waals surface area (Å²) >= 11 is 0. The molecular formula is C26H29F6N3O3. The molecule has 1 saturated carbocycles. The fourth-order valence-electron chi connectivity index (χ4n) is 4.33. The maximum Gasteiger partial charge on any atom is 0.430 e. The highest BCUT2D eigenvalue weighted by Crippen LogP contribution is 2.50. The normalized spacial score (nSPS) is 17.8. The molecule has 0 unspecified atom stereocenters. The van der Waals surface area contributed by atoms with Crippen LogP contribution in [0, 0.1) is 5.92 Å². The number of alkyl halides is 6. The third-order valence-corrected chi connectivity index (χ3v) is 6.80. The van der Waals surface area contributed by atoms with Crippen LogP contribution in [-0.2, 0) is 12.1 Å². The molecule has 2 aromatic rings. The summed E-state index contributed by atoms with van der Waals surface area (Å²) in [5.41, 5.74) is -5.02. The third kappa shape index (κ3) is 6.71. The van der Waals surface area contributed by atoms with Crippen LogP contribution in [-0.4, -0.2) is 54.1 Å². The van der Waals surface area contributed by atoms with E-state index in [4.69, 9.17) is 4.74 Å². The molecule has 2 fully saturated rings. The summed E-state index contributed by atoms with van der Waals surface area (Å²) in [7, 11) is 0. The number of ether oxygens (including phenoxy) is 1. The van der Waals surface area contributed by atoms with Gasteiger partial charge in [0.25, 0.3) is 5.60 Å². The van der Waals surface area contributed by atoms with Crippen molar-refractivity contribution in [2.75, 3.05) is 25.0 Å². The Bertz CT molecular complexity index is 1060. The van der Waals surface area contributed by atoms with Crippen LogP contribution in [0.5, 0.6) is 5.75 Å². The molecule has 3 N–H and O–H groups in total. The highest BCUT2D eigenvalue weighted by molar-refractivity contribution is 5.89. The summed E-state index contributed by atoms with van der Waals surface area (Å²) in [4.78, 5) is 13.9. The summed E-state index contributed by atoms with van der Waals surface area (Å²) in [5, 5.41) is 15.1. The van der Waals surface area contributed by atoms with Gasteiger partial charge in [0.05, 0.1) is 0 Å². The van der Waals surface area contributed by atoms with Crippen molar-refractivity contribution in [3.8, 4) is 5.75 Å². The number of halogens is 6. The van der Waals surface area contributed by atoms with Crippen LogP contribution < -0.4 is 15.4 Å². The number of aliphatic hydroxyl groups is 1. The number of rotatable bonds is 8. The van der Waals surface area contributed by atoms with Crippen molar-refractivity contribution in [3.63, 3.8) is 0 Å². The van der Waals surface area contributed by atoms with Crippen LogP contribution in [0.4, 0.5) is 36.8 Å². The first kappa shape index (κ1) is 28.0. The van der Waals surface area contributed by atoms with E-state index in [-0.39, 0.29) is 12.1 Å². The average Bonchev–Trinajstić information content (AvgIpc) is 3.68. The lowest BCUT2D eigenvalue weighted by Crippen LogP contribution is -2.53. The standard InChI is InChI=1S/C26H29F6N3O3/c27-25(28,29)24(37,26(30,31)32)19-5-3-18(4-6-19)16-35-13-11-22(12-14-35)38-21-9-7-20(8-10-21)34-23(36)33-15-17-1-2-17/h3-10,17,22,37H,1-2,11-16H2,(H2,33,34,36). The Morgan fingerprint density at radius 1 is 0.895 bits per heavy atom. The number of benzene rings is 2. The fourth-order valence-corrected chi connectivity index (χ4v) is 4.33.